The third-order valence-corrected chi connectivity index (χ3v) is 4.26. The first-order valence-electron chi connectivity index (χ1n) is 8.49. The summed E-state index contributed by atoms with van der Waals surface area (Å²) in [6.07, 6.45) is 6.26. The van der Waals surface area contributed by atoms with Crippen LogP contribution in [0, 0.1) is 0 Å². The number of nitrogens with zero attached hydrogens (tertiary/aromatic N) is 1. The molecule has 1 fully saturated rings. The van der Waals surface area contributed by atoms with E-state index in [1.165, 1.54) is 32.1 Å². The lowest BCUT2D eigenvalue weighted by atomic mass is 10.1. The monoisotopic (exact) mass is 304 g/mol. The van der Waals surface area contributed by atoms with Crippen molar-refractivity contribution in [1.29, 1.82) is 0 Å². The van der Waals surface area contributed by atoms with Crippen LogP contribution >= 0.6 is 0 Å². The molecule has 1 N–H and O–H groups in total. The van der Waals surface area contributed by atoms with Gasteiger partial charge < -0.3 is 10.1 Å². The summed E-state index contributed by atoms with van der Waals surface area (Å²) in [5, 5.41) is 3.02. The topological polar surface area (TPSA) is 41.6 Å². The molecule has 1 saturated heterocycles. The van der Waals surface area contributed by atoms with Gasteiger partial charge in [0.1, 0.15) is 5.75 Å². The van der Waals surface area contributed by atoms with Gasteiger partial charge in [-0.25, -0.2) is 0 Å². The van der Waals surface area contributed by atoms with Crippen molar-refractivity contribution in [2.75, 3.05) is 25.0 Å². The molecular weight excluding hydrogens is 276 g/mol. The van der Waals surface area contributed by atoms with E-state index in [0.29, 0.717) is 6.61 Å². The highest BCUT2D eigenvalue weighted by atomic mass is 16.5. The smallest absolute Gasteiger partial charge is 0.241 e. The molecule has 1 aromatic rings. The first kappa shape index (κ1) is 16.8. The molecule has 4 heteroatoms. The van der Waals surface area contributed by atoms with Crippen LogP contribution in [0.15, 0.2) is 24.3 Å². The lowest BCUT2D eigenvalue weighted by Crippen LogP contribution is -2.43. The number of anilines is 1. The van der Waals surface area contributed by atoms with Gasteiger partial charge in [0.2, 0.25) is 5.91 Å². The number of para-hydroxylation sites is 2. The Kier molecular flexibility index (Phi) is 6.72. The Morgan fingerprint density at radius 2 is 1.82 bits per heavy atom. The largest absolute Gasteiger partial charge is 0.492 e. The van der Waals surface area contributed by atoms with Crippen molar-refractivity contribution in [2.24, 2.45) is 0 Å². The van der Waals surface area contributed by atoms with Crippen LogP contribution in [0.4, 0.5) is 5.69 Å². The number of amides is 1. The van der Waals surface area contributed by atoms with Crippen LogP contribution in [0.2, 0.25) is 0 Å². The van der Waals surface area contributed by atoms with Crippen molar-refractivity contribution in [3.05, 3.63) is 24.3 Å². The quantitative estimate of drug-likeness (QED) is 0.902. The Morgan fingerprint density at radius 3 is 2.50 bits per heavy atom. The number of likely N-dealkylation sites (tertiary alicyclic amines) is 1. The number of nitrogens with one attached hydrogen (secondary N) is 1. The lowest BCUT2D eigenvalue weighted by molar-refractivity contribution is -0.120. The second-order valence-electron chi connectivity index (χ2n) is 5.90. The summed E-state index contributed by atoms with van der Waals surface area (Å²) in [6, 6.07) is 7.51. The Balaban J connectivity index is 1.98. The van der Waals surface area contributed by atoms with Gasteiger partial charge in [-0.2, -0.15) is 0 Å². The van der Waals surface area contributed by atoms with Crippen molar-refractivity contribution in [2.45, 2.75) is 52.0 Å². The number of ether oxygens (including phenoxy) is 1. The predicted octanol–water partition coefficient (Wildman–Crippen LogP) is 3.68. The van der Waals surface area contributed by atoms with Crippen molar-refractivity contribution < 1.29 is 9.53 Å². The van der Waals surface area contributed by atoms with Crippen molar-refractivity contribution in [1.82, 2.24) is 4.90 Å². The van der Waals surface area contributed by atoms with Crippen LogP contribution in [0.25, 0.3) is 0 Å². The molecule has 22 heavy (non-hydrogen) atoms. The molecule has 0 saturated carbocycles. The molecule has 0 aromatic heterocycles. The molecule has 1 amide bonds. The maximum Gasteiger partial charge on any atom is 0.241 e. The molecule has 1 atom stereocenters. The van der Waals surface area contributed by atoms with Crippen LogP contribution in [0.3, 0.4) is 0 Å². The standard InChI is InChI=1S/C18H28N2O2/c1-3-22-17-12-8-7-11-16(17)19-18(21)15(2)20-13-9-5-4-6-10-14-20/h7-8,11-12,15H,3-6,9-10,13-14H2,1-2H3,(H,19,21)/t15-/m1/s1. The number of carbonyl (C=O) groups is 1. The number of carbonyl (C=O) groups excluding carboxylic acids is 1. The molecule has 1 aromatic carbocycles. The maximum absolute atomic E-state index is 12.6. The van der Waals surface area contributed by atoms with Crippen molar-refractivity contribution in [3.8, 4) is 5.75 Å². The summed E-state index contributed by atoms with van der Waals surface area (Å²) in [7, 11) is 0. The van der Waals surface area contributed by atoms with Gasteiger partial charge in [-0.1, -0.05) is 31.4 Å². The van der Waals surface area contributed by atoms with E-state index >= 15 is 0 Å². The maximum atomic E-state index is 12.6. The minimum absolute atomic E-state index is 0.0488. The zero-order chi connectivity index (χ0) is 15.8. The molecule has 0 radical (unpaired) electrons. The number of benzene rings is 1. The van der Waals surface area contributed by atoms with E-state index in [1.54, 1.807) is 0 Å². The minimum atomic E-state index is -0.104. The fraction of sp³-hybridized carbons (Fsp3) is 0.611. The van der Waals surface area contributed by atoms with E-state index < -0.39 is 0 Å². The van der Waals surface area contributed by atoms with Gasteiger partial charge >= 0.3 is 0 Å². The van der Waals surface area contributed by atoms with Gasteiger partial charge in [0.15, 0.2) is 0 Å². The second-order valence-corrected chi connectivity index (χ2v) is 5.90. The van der Waals surface area contributed by atoms with E-state index in [2.05, 4.69) is 10.2 Å². The molecule has 1 aliphatic heterocycles. The van der Waals surface area contributed by atoms with E-state index in [4.69, 9.17) is 4.74 Å². The third-order valence-electron chi connectivity index (χ3n) is 4.26. The summed E-state index contributed by atoms with van der Waals surface area (Å²) in [6.45, 7) is 6.57. The summed E-state index contributed by atoms with van der Waals surface area (Å²) in [5.41, 5.74) is 0.758. The minimum Gasteiger partial charge on any atom is -0.492 e. The fourth-order valence-corrected chi connectivity index (χ4v) is 2.91. The average molecular weight is 304 g/mol. The summed E-state index contributed by atoms with van der Waals surface area (Å²) >= 11 is 0. The van der Waals surface area contributed by atoms with E-state index in [1.807, 2.05) is 38.1 Å². The molecule has 1 aliphatic rings. The number of hydrogen-bond donors (Lipinski definition) is 1. The van der Waals surface area contributed by atoms with Gasteiger partial charge in [-0.15, -0.1) is 0 Å². The van der Waals surface area contributed by atoms with Gasteiger partial charge in [0.05, 0.1) is 18.3 Å². The normalized spacial score (nSPS) is 18.1. The second kappa shape index (κ2) is 8.79. The molecule has 0 unspecified atom stereocenters. The van der Waals surface area contributed by atoms with Gasteiger partial charge in [-0.3, -0.25) is 9.69 Å². The Morgan fingerprint density at radius 1 is 1.18 bits per heavy atom. The van der Waals surface area contributed by atoms with Crippen LogP contribution in [0.5, 0.6) is 5.75 Å². The van der Waals surface area contributed by atoms with Gasteiger partial charge in [-0.05, 0) is 51.9 Å². The molecule has 122 valence electrons. The van der Waals surface area contributed by atoms with E-state index in [0.717, 1.165) is 24.5 Å². The number of hydrogen-bond acceptors (Lipinski definition) is 3. The highest BCUT2D eigenvalue weighted by Gasteiger charge is 2.22. The predicted molar refractivity (Wildman–Crippen MR) is 90.4 cm³/mol. The van der Waals surface area contributed by atoms with E-state index in [-0.39, 0.29) is 11.9 Å². The zero-order valence-electron chi connectivity index (χ0n) is 13.8. The molecule has 2 rings (SSSR count). The lowest BCUT2D eigenvalue weighted by Gasteiger charge is -2.29. The zero-order valence-corrected chi connectivity index (χ0v) is 13.8. The molecule has 1 heterocycles. The van der Waals surface area contributed by atoms with Gasteiger partial charge in [0.25, 0.3) is 0 Å². The van der Waals surface area contributed by atoms with Crippen LogP contribution in [-0.4, -0.2) is 36.5 Å². The van der Waals surface area contributed by atoms with Gasteiger partial charge in [0, 0.05) is 0 Å². The molecule has 4 nitrogen and oxygen atoms in total. The van der Waals surface area contributed by atoms with Crippen LogP contribution < -0.4 is 10.1 Å². The summed E-state index contributed by atoms with van der Waals surface area (Å²) < 4.78 is 5.57. The first-order chi connectivity index (χ1) is 10.7. The Labute approximate surface area is 133 Å². The highest BCUT2D eigenvalue weighted by Crippen LogP contribution is 2.24. The average Bonchev–Trinajstić information content (AvgIpc) is 2.48. The van der Waals surface area contributed by atoms with E-state index in [9.17, 15) is 4.79 Å². The van der Waals surface area contributed by atoms with Crippen molar-refractivity contribution in [3.63, 3.8) is 0 Å². The molecule has 0 bridgehead atoms. The molecule has 0 aliphatic carbocycles. The SMILES string of the molecule is CCOc1ccccc1NC(=O)[C@@H](C)N1CCCCCCC1. The number of rotatable bonds is 5. The van der Waals surface area contributed by atoms with Crippen LogP contribution in [0.1, 0.15) is 46.0 Å². The summed E-state index contributed by atoms with van der Waals surface area (Å²) in [5.74, 6) is 0.783. The molecule has 0 spiro atoms. The van der Waals surface area contributed by atoms with Crippen molar-refractivity contribution >= 4 is 11.6 Å². The third kappa shape index (κ3) is 4.73. The fourth-order valence-electron chi connectivity index (χ4n) is 2.91. The highest BCUT2D eigenvalue weighted by molar-refractivity contribution is 5.95. The van der Waals surface area contributed by atoms with Crippen LogP contribution in [-0.2, 0) is 4.79 Å². The molecular formula is C18H28N2O2. The summed E-state index contributed by atoms with van der Waals surface area (Å²) in [4.78, 5) is 14.9. The first-order valence-corrected chi connectivity index (χ1v) is 8.49. The Hall–Kier alpha value is -1.55. The Bertz CT molecular complexity index is 468.